The molecule has 0 radical (unpaired) electrons. The number of carbonyl (C=O) groups excluding carboxylic acids is 1. The number of amides is 1. The Bertz CT molecular complexity index is 720. The van der Waals surface area contributed by atoms with E-state index in [4.69, 9.17) is 23.2 Å². The second-order valence-corrected chi connectivity index (χ2v) is 5.33. The zero-order chi connectivity index (χ0) is 15.9. The molecule has 1 heterocycles. The minimum absolute atomic E-state index is 0.220. The molecular weight excluding hydrogens is 321 g/mol. The highest BCUT2D eigenvalue weighted by Crippen LogP contribution is 2.22. The zero-order valence-electron chi connectivity index (χ0n) is 12.0. The van der Waals surface area contributed by atoms with E-state index in [1.807, 2.05) is 19.1 Å². The third-order valence-electron chi connectivity index (χ3n) is 2.85. The minimum atomic E-state index is -0.220. The number of hydrogen-bond donors (Lipinski definition) is 1. The average Bonchev–Trinajstić information content (AvgIpc) is 2.89. The van der Waals surface area contributed by atoms with E-state index in [9.17, 15) is 4.79 Å². The van der Waals surface area contributed by atoms with Gasteiger partial charge in [-0.25, -0.2) is 4.68 Å². The van der Waals surface area contributed by atoms with Gasteiger partial charge in [-0.3, -0.25) is 4.79 Å². The maximum atomic E-state index is 11.8. The number of carbonyl (C=O) groups is 1. The quantitative estimate of drug-likeness (QED) is 0.653. The van der Waals surface area contributed by atoms with E-state index < -0.39 is 0 Å². The maximum absolute atomic E-state index is 11.8. The maximum Gasteiger partial charge on any atom is 0.249 e. The largest absolute Gasteiger partial charge is 0.307 e. The molecule has 2 aromatic rings. The normalized spacial score (nSPS) is 11.4. The highest BCUT2D eigenvalue weighted by atomic mass is 35.5. The van der Waals surface area contributed by atoms with E-state index in [0.717, 1.165) is 5.56 Å². The molecule has 1 aromatic heterocycles. The molecule has 22 heavy (non-hydrogen) atoms. The fraction of sp³-hybridized carbons (Fsp3) is 0.125. The highest BCUT2D eigenvalue weighted by molar-refractivity contribution is 6.35. The van der Waals surface area contributed by atoms with Crippen LogP contribution >= 0.6 is 23.2 Å². The van der Waals surface area contributed by atoms with Crippen LogP contribution in [0.5, 0.6) is 0 Å². The van der Waals surface area contributed by atoms with Crippen LogP contribution in [0.1, 0.15) is 12.5 Å². The first-order valence-electron chi connectivity index (χ1n) is 6.66. The summed E-state index contributed by atoms with van der Waals surface area (Å²) in [4.78, 5) is 11.8. The van der Waals surface area contributed by atoms with Crippen LogP contribution in [-0.4, -0.2) is 15.7 Å². The Labute approximate surface area is 139 Å². The molecule has 0 aliphatic rings. The summed E-state index contributed by atoms with van der Waals surface area (Å²) in [5.74, 6) is 0.378. The monoisotopic (exact) mass is 335 g/mol. The van der Waals surface area contributed by atoms with Crippen molar-refractivity contribution in [2.45, 2.75) is 13.5 Å². The topological polar surface area (TPSA) is 46.9 Å². The van der Waals surface area contributed by atoms with Crippen LogP contribution in [0.4, 0.5) is 5.82 Å². The Morgan fingerprint density at radius 2 is 2.14 bits per heavy atom. The van der Waals surface area contributed by atoms with Crippen LogP contribution in [0.15, 0.2) is 54.8 Å². The lowest BCUT2D eigenvalue weighted by atomic mass is 10.2. The van der Waals surface area contributed by atoms with Crippen molar-refractivity contribution in [1.82, 2.24) is 9.78 Å². The van der Waals surface area contributed by atoms with E-state index in [0.29, 0.717) is 22.4 Å². The van der Waals surface area contributed by atoms with Gasteiger partial charge < -0.3 is 5.32 Å². The van der Waals surface area contributed by atoms with E-state index in [1.165, 1.54) is 6.08 Å². The van der Waals surface area contributed by atoms with E-state index in [2.05, 4.69) is 10.4 Å². The van der Waals surface area contributed by atoms with Gasteiger partial charge in [0.2, 0.25) is 5.91 Å². The van der Waals surface area contributed by atoms with Gasteiger partial charge in [0.05, 0.1) is 12.7 Å². The van der Waals surface area contributed by atoms with E-state index in [1.54, 1.807) is 41.2 Å². The number of rotatable bonds is 5. The lowest BCUT2D eigenvalue weighted by Crippen LogP contribution is -2.13. The first-order valence-corrected chi connectivity index (χ1v) is 7.42. The summed E-state index contributed by atoms with van der Waals surface area (Å²) < 4.78 is 1.66. The molecule has 0 saturated heterocycles. The summed E-state index contributed by atoms with van der Waals surface area (Å²) in [6.07, 6.45) is 8.37. The van der Waals surface area contributed by atoms with Gasteiger partial charge in [0, 0.05) is 22.2 Å². The SMILES string of the molecule is C/C=C/C=C/C(=O)Nc1ccnn1Cc1ccc(Cl)cc1Cl. The molecular formula is C16H15Cl2N3O. The van der Waals surface area contributed by atoms with Crippen molar-refractivity contribution >= 4 is 34.9 Å². The molecule has 0 aliphatic carbocycles. The Balaban J connectivity index is 2.11. The number of nitrogens with one attached hydrogen (secondary N) is 1. The number of halogens is 2. The van der Waals surface area contributed by atoms with Crippen LogP contribution in [0, 0.1) is 0 Å². The molecule has 4 nitrogen and oxygen atoms in total. The van der Waals surface area contributed by atoms with E-state index >= 15 is 0 Å². The van der Waals surface area contributed by atoms with Crippen molar-refractivity contribution in [2.75, 3.05) is 5.32 Å². The molecule has 0 fully saturated rings. The first-order chi connectivity index (χ1) is 10.6. The number of allylic oxidation sites excluding steroid dienone is 3. The van der Waals surface area contributed by atoms with Crippen LogP contribution < -0.4 is 5.32 Å². The Morgan fingerprint density at radius 1 is 1.32 bits per heavy atom. The van der Waals surface area contributed by atoms with Crippen molar-refractivity contribution in [3.05, 3.63) is 70.4 Å². The Hall–Kier alpha value is -2.04. The molecule has 0 aliphatic heterocycles. The Morgan fingerprint density at radius 3 is 2.86 bits per heavy atom. The van der Waals surface area contributed by atoms with Crippen molar-refractivity contribution in [3.63, 3.8) is 0 Å². The van der Waals surface area contributed by atoms with Crippen molar-refractivity contribution in [1.29, 1.82) is 0 Å². The summed E-state index contributed by atoms with van der Waals surface area (Å²) in [5.41, 5.74) is 0.870. The molecule has 0 saturated carbocycles. The van der Waals surface area contributed by atoms with Gasteiger partial charge in [0.15, 0.2) is 0 Å². The van der Waals surface area contributed by atoms with Crippen LogP contribution in [-0.2, 0) is 11.3 Å². The molecule has 0 unspecified atom stereocenters. The number of aromatic nitrogens is 2. The molecule has 0 spiro atoms. The van der Waals surface area contributed by atoms with Crippen molar-refractivity contribution < 1.29 is 4.79 Å². The molecule has 1 N–H and O–H groups in total. The van der Waals surface area contributed by atoms with Gasteiger partial charge in [-0.2, -0.15) is 5.10 Å². The molecule has 0 bridgehead atoms. The summed E-state index contributed by atoms with van der Waals surface area (Å²) in [5, 5.41) is 8.11. The summed E-state index contributed by atoms with van der Waals surface area (Å²) in [6.45, 7) is 2.32. The third-order valence-corrected chi connectivity index (χ3v) is 3.44. The zero-order valence-corrected chi connectivity index (χ0v) is 13.5. The van der Waals surface area contributed by atoms with Gasteiger partial charge in [0.25, 0.3) is 0 Å². The van der Waals surface area contributed by atoms with Gasteiger partial charge in [-0.05, 0) is 24.6 Å². The molecule has 1 amide bonds. The second kappa shape index (κ2) is 7.82. The van der Waals surface area contributed by atoms with Gasteiger partial charge in [0.1, 0.15) is 5.82 Å². The molecule has 114 valence electrons. The number of nitrogens with zero attached hydrogens (tertiary/aromatic N) is 2. The lowest BCUT2D eigenvalue weighted by molar-refractivity contribution is -0.111. The first kappa shape index (κ1) is 16.3. The average molecular weight is 336 g/mol. The van der Waals surface area contributed by atoms with Crippen LogP contribution in [0.3, 0.4) is 0 Å². The van der Waals surface area contributed by atoms with Crippen LogP contribution in [0.25, 0.3) is 0 Å². The van der Waals surface area contributed by atoms with E-state index in [-0.39, 0.29) is 5.91 Å². The lowest BCUT2D eigenvalue weighted by Gasteiger charge is -2.09. The summed E-state index contributed by atoms with van der Waals surface area (Å²) >= 11 is 12.0. The summed E-state index contributed by atoms with van der Waals surface area (Å²) in [7, 11) is 0. The number of benzene rings is 1. The van der Waals surface area contributed by atoms with Gasteiger partial charge >= 0.3 is 0 Å². The van der Waals surface area contributed by atoms with Crippen LogP contribution in [0.2, 0.25) is 10.0 Å². The highest BCUT2D eigenvalue weighted by Gasteiger charge is 2.08. The Kier molecular flexibility index (Phi) is 5.81. The molecule has 2 rings (SSSR count). The minimum Gasteiger partial charge on any atom is -0.307 e. The van der Waals surface area contributed by atoms with Gasteiger partial charge in [-0.1, -0.05) is 47.5 Å². The molecule has 1 aromatic carbocycles. The number of anilines is 1. The van der Waals surface area contributed by atoms with Crippen molar-refractivity contribution in [2.24, 2.45) is 0 Å². The number of hydrogen-bond acceptors (Lipinski definition) is 2. The predicted octanol–water partition coefficient (Wildman–Crippen LogP) is 4.31. The molecule has 6 heteroatoms. The third kappa shape index (κ3) is 4.48. The predicted molar refractivity (Wildman–Crippen MR) is 90.4 cm³/mol. The smallest absolute Gasteiger partial charge is 0.249 e. The standard InChI is InChI=1S/C16H15Cl2N3O/c1-2-3-4-5-16(22)20-15-8-9-19-21(15)11-12-6-7-13(17)10-14(12)18/h2-10H,11H2,1H3,(H,20,22)/b3-2+,5-4+. The second-order valence-electron chi connectivity index (χ2n) is 4.48. The fourth-order valence-electron chi connectivity index (χ4n) is 1.80. The molecule has 0 atom stereocenters. The van der Waals surface area contributed by atoms with Gasteiger partial charge in [-0.15, -0.1) is 0 Å². The summed E-state index contributed by atoms with van der Waals surface area (Å²) in [6, 6.07) is 7.01. The fourth-order valence-corrected chi connectivity index (χ4v) is 2.27. The van der Waals surface area contributed by atoms with Crippen molar-refractivity contribution in [3.8, 4) is 0 Å².